The standard InChI is InChI=1S/C17H20N2O3S/c1-19-12-9-13-14(22-7-6-21-13)10-15(12)23-17(19)18-16(20)8-11-4-2-3-5-11/h9-11H,2-8H2,1H3. The number of hydrogen-bond donors (Lipinski definition) is 0. The van der Waals surface area contributed by atoms with Gasteiger partial charge in [-0.05, 0) is 18.8 Å². The zero-order valence-electron chi connectivity index (χ0n) is 13.2. The minimum absolute atomic E-state index is 0.00341. The van der Waals surface area contributed by atoms with E-state index in [-0.39, 0.29) is 5.91 Å². The Kier molecular flexibility index (Phi) is 3.85. The van der Waals surface area contributed by atoms with Crippen molar-refractivity contribution in [1.29, 1.82) is 0 Å². The van der Waals surface area contributed by atoms with E-state index in [0.717, 1.165) is 26.5 Å². The number of aryl methyl sites for hydroxylation is 1. The van der Waals surface area contributed by atoms with Gasteiger partial charge in [0.1, 0.15) is 13.2 Å². The second-order valence-corrected chi connectivity index (χ2v) is 7.28. The number of fused-ring (bicyclic) bond motifs is 2. The molecule has 0 bridgehead atoms. The molecule has 2 aliphatic rings. The minimum Gasteiger partial charge on any atom is -0.486 e. The van der Waals surface area contributed by atoms with E-state index in [1.54, 1.807) is 0 Å². The lowest BCUT2D eigenvalue weighted by molar-refractivity contribution is -0.118. The molecule has 0 atom stereocenters. The fourth-order valence-corrected chi connectivity index (χ4v) is 4.43. The van der Waals surface area contributed by atoms with E-state index in [2.05, 4.69) is 4.99 Å². The summed E-state index contributed by atoms with van der Waals surface area (Å²) in [5.41, 5.74) is 1.02. The Morgan fingerprint density at radius 2 is 1.96 bits per heavy atom. The lowest BCUT2D eigenvalue weighted by atomic mass is 10.0. The van der Waals surface area contributed by atoms with Gasteiger partial charge in [-0.2, -0.15) is 4.99 Å². The number of amides is 1. The van der Waals surface area contributed by atoms with Crippen LogP contribution in [0.2, 0.25) is 0 Å². The number of nitrogens with zero attached hydrogens (tertiary/aromatic N) is 2. The molecule has 1 aromatic heterocycles. The molecule has 23 heavy (non-hydrogen) atoms. The summed E-state index contributed by atoms with van der Waals surface area (Å²) in [5.74, 6) is 2.06. The van der Waals surface area contributed by atoms with Crippen LogP contribution in [0.4, 0.5) is 0 Å². The van der Waals surface area contributed by atoms with Crippen LogP contribution in [0.1, 0.15) is 32.1 Å². The fourth-order valence-electron chi connectivity index (χ4n) is 3.38. The van der Waals surface area contributed by atoms with Crippen molar-refractivity contribution >= 4 is 27.5 Å². The van der Waals surface area contributed by atoms with Crippen LogP contribution in [0.25, 0.3) is 10.2 Å². The second kappa shape index (κ2) is 6.00. The molecule has 1 saturated carbocycles. The van der Waals surface area contributed by atoms with E-state index in [1.165, 1.54) is 37.0 Å². The Bertz CT molecular complexity index is 815. The van der Waals surface area contributed by atoms with Gasteiger partial charge in [0, 0.05) is 25.6 Å². The van der Waals surface area contributed by atoms with Crippen LogP contribution in [0.5, 0.6) is 11.5 Å². The van der Waals surface area contributed by atoms with Crippen molar-refractivity contribution in [3.63, 3.8) is 0 Å². The van der Waals surface area contributed by atoms with Crippen molar-refractivity contribution < 1.29 is 14.3 Å². The molecule has 122 valence electrons. The fraction of sp³-hybridized carbons (Fsp3) is 0.529. The average molecular weight is 332 g/mol. The summed E-state index contributed by atoms with van der Waals surface area (Å²) in [7, 11) is 1.94. The molecule has 1 amide bonds. The summed E-state index contributed by atoms with van der Waals surface area (Å²) in [6.45, 7) is 1.15. The molecule has 1 aliphatic heterocycles. The Hall–Kier alpha value is -1.82. The van der Waals surface area contributed by atoms with Crippen LogP contribution in [0.15, 0.2) is 17.1 Å². The second-order valence-electron chi connectivity index (χ2n) is 6.27. The average Bonchev–Trinajstić information content (AvgIpc) is 3.15. The van der Waals surface area contributed by atoms with Crippen molar-refractivity contribution in [2.75, 3.05) is 13.2 Å². The van der Waals surface area contributed by atoms with Crippen LogP contribution >= 0.6 is 11.3 Å². The number of ether oxygens (including phenoxy) is 2. The number of carbonyl (C=O) groups excluding carboxylic acids is 1. The number of aromatic nitrogens is 1. The first-order valence-electron chi connectivity index (χ1n) is 8.17. The SMILES string of the molecule is Cn1c(=NC(=O)CC2CCCC2)sc2cc3c(cc21)OCCO3. The van der Waals surface area contributed by atoms with Crippen LogP contribution in [-0.4, -0.2) is 23.7 Å². The molecule has 1 fully saturated rings. The third-order valence-corrected chi connectivity index (χ3v) is 5.73. The lowest BCUT2D eigenvalue weighted by Crippen LogP contribution is -2.16. The summed E-state index contributed by atoms with van der Waals surface area (Å²) in [6.07, 6.45) is 5.42. The Morgan fingerprint density at radius 3 is 2.70 bits per heavy atom. The van der Waals surface area contributed by atoms with Gasteiger partial charge in [0.25, 0.3) is 0 Å². The summed E-state index contributed by atoms with van der Waals surface area (Å²) in [5, 5.41) is 0. The first kappa shape index (κ1) is 14.8. The van der Waals surface area contributed by atoms with E-state index >= 15 is 0 Å². The van der Waals surface area contributed by atoms with Crippen molar-refractivity contribution in [2.24, 2.45) is 18.0 Å². The summed E-state index contributed by atoms with van der Waals surface area (Å²) >= 11 is 1.52. The van der Waals surface area contributed by atoms with Gasteiger partial charge >= 0.3 is 0 Å². The van der Waals surface area contributed by atoms with E-state index in [0.29, 0.717) is 25.6 Å². The molecule has 2 heterocycles. The molecule has 0 spiro atoms. The van der Waals surface area contributed by atoms with Crippen LogP contribution < -0.4 is 14.3 Å². The molecular formula is C17H20N2O3S. The van der Waals surface area contributed by atoms with E-state index in [9.17, 15) is 4.79 Å². The highest BCUT2D eigenvalue weighted by molar-refractivity contribution is 7.16. The number of rotatable bonds is 2. The van der Waals surface area contributed by atoms with Crippen LogP contribution in [0.3, 0.4) is 0 Å². The third kappa shape index (κ3) is 2.87. The minimum atomic E-state index is -0.00341. The predicted octanol–water partition coefficient (Wildman–Crippen LogP) is 3.02. The van der Waals surface area contributed by atoms with Crippen LogP contribution in [-0.2, 0) is 11.8 Å². The first-order chi connectivity index (χ1) is 11.2. The highest BCUT2D eigenvalue weighted by Crippen LogP contribution is 2.35. The molecule has 5 nitrogen and oxygen atoms in total. The van der Waals surface area contributed by atoms with Crippen molar-refractivity contribution in [1.82, 2.24) is 4.57 Å². The maximum atomic E-state index is 12.2. The van der Waals surface area contributed by atoms with Gasteiger partial charge in [-0.3, -0.25) is 4.79 Å². The van der Waals surface area contributed by atoms with Gasteiger partial charge < -0.3 is 14.0 Å². The lowest BCUT2D eigenvalue weighted by Gasteiger charge is -2.18. The van der Waals surface area contributed by atoms with Gasteiger partial charge in [-0.1, -0.05) is 24.2 Å². The molecular weight excluding hydrogens is 312 g/mol. The van der Waals surface area contributed by atoms with Gasteiger partial charge in [-0.25, -0.2) is 0 Å². The first-order valence-corrected chi connectivity index (χ1v) is 8.99. The van der Waals surface area contributed by atoms with Gasteiger partial charge in [-0.15, -0.1) is 0 Å². The van der Waals surface area contributed by atoms with Gasteiger partial charge in [0.15, 0.2) is 16.3 Å². The summed E-state index contributed by atoms with van der Waals surface area (Å²) < 4.78 is 14.3. The van der Waals surface area contributed by atoms with E-state index in [1.807, 2.05) is 23.7 Å². The molecule has 1 aliphatic carbocycles. The molecule has 4 rings (SSSR count). The summed E-state index contributed by atoms with van der Waals surface area (Å²) in [6, 6.07) is 3.95. The smallest absolute Gasteiger partial charge is 0.248 e. The molecule has 2 aromatic rings. The normalized spacial score (nSPS) is 18.7. The Labute approximate surface area is 138 Å². The van der Waals surface area contributed by atoms with Crippen molar-refractivity contribution in [2.45, 2.75) is 32.1 Å². The maximum absolute atomic E-state index is 12.2. The van der Waals surface area contributed by atoms with Crippen LogP contribution in [0, 0.1) is 5.92 Å². The zero-order valence-corrected chi connectivity index (χ0v) is 14.0. The number of thiazole rings is 1. The van der Waals surface area contributed by atoms with E-state index in [4.69, 9.17) is 9.47 Å². The largest absolute Gasteiger partial charge is 0.486 e. The third-order valence-electron chi connectivity index (χ3n) is 4.63. The summed E-state index contributed by atoms with van der Waals surface area (Å²) in [4.78, 5) is 17.3. The molecule has 0 radical (unpaired) electrons. The Morgan fingerprint density at radius 1 is 1.26 bits per heavy atom. The number of hydrogen-bond acceptors (Lipinski definition) is 4. The predicted molar refractivity (Wildman–Crippen MR) is 88.9 cm³/mol. The van der Waals surface area contributed by atoms with Gasteiger partial charge in [0.05, 0.1) is 10.2 Å². The van der Waals surface area contributed by atoms with Crippen molar-refractivity contribution in [3.05, 3.63) is 16.9 Å². The van der Waals surface area contributed by atoms with Gasteiger partial charge in [0.2, 0.25) is 5.91 Å². The monoisotopic (exact) mass is 332 g/mol. The molecule has 1 aromatic carbocycles. The van der Waals surface area contributed by atoms with Crippen molar-refractivity contribution in [3.8, 4) is 11.5 Å². The quantitative estimate of drug-likeness (QED) is 0.849. The highest BCUT2D eigenvalue weighted by Gasteiger charge is 2.19. The highest BCUT2D eigenvalue weighted by atomic mass is 32.1. The molecule has 0 N–H and O–H groups in total. The molecule has 0 saturated heterocycles. The maximum Gasteiger partial charge on any atom is 0.248 e. The number of carbonyl (C=O) groups is 1. The van der Waals surface area contributed by atoms with E-state index < -0.39 is 0 Å². The zero-order chi connectivity index (χ0) is 15.8. The molecule has 0 unspecified atom stereocenters. The molecule has 6 heteroatoms. The Balaban J connectivity index is 1.68. The number of benzene rings is 1. The topological polar surface area (TPSA) is 52.8 Å².